The van der Waals surface area contributed by atoms with Gasteiger partial charge in [-0.3, -0.25) is 4.79 Å². The summed E-state index contributed by atoms with van der Waals surface area (Å²) in [6, 6.07) is 15.9. The van der Waals surface area contributed by atoms with Crippen LogP contribution in [0.2, 0.25) is 5.02 Å². The summed E-state index contributed by atoms with van der Waals surface area (Å²) in [5, 5.41) is 3.30. The van der Waals surface area contributed by atoms with Crippen molar-refractivity contribution in [3.63, 3.8) is 0 Å². The first kappa shape index (κ1) is 19.2. The highest BCUT2D eigenvalue weighted by Crippen LogP contribution is 2.19. The van der Waals surface area contributed by atoms with E-state index in [-0.39, 0.29) is 17.3 Å². The molecule has 0 atom stereocenters. The van der Waals surface area contributed by atoms with Crippen molar-refractivity contribution in [3.8, 4) is 0 Å². The molecule has 1 N–H and O–H groups in total. The third-order valence-electron chi connectivity index (χ3n) is 3.89. The number of hydrogen-bond donors (Lipinski definition) is 1. The molecule has 0 aliphatic carbocycles. The van der Waals surface area contributed by atoms with Crippen LogP contribution in [0, 0.1) is 0 Å². The lowest BCUT2D eigenvalue weighted by molar-refractivity contribution is 0.102. The van der Waals surface area contributed by atoms with Gasteiger partial charge in [0.1, 0.15) is 5.76 Å². The monoisotopic (exact) mass is 404 g/mol. The third kappa shape index (κ3) is 4.57. The minimum absolute atomic E-state index is 0.0969. The summed E-state index contributed by atoms with van der Waals surface area (Å²) in [4.78, 5) is 12.4. The van der Waals surface area contributed by atoms with Crippen LogP contribution in [0.1, 0.15) is 16.1 Å². The summed E-state index contributed by atoms with van der Waals surface area (Å²) in [6.07, 6.45) is 1.49. The fourth-order valence-corrected chi connectivity index (χ4v) is 3.66. The maximum atomic E-state index is 12.6. The molecule has 0 aliphatic rings. The summed E-state index contributed by atoms with van der Waals surface area (Å²) in [5.41, 5.74) is 0.942. The van der Waals surface area contributed by atoms with Gasteiger partial charge in [0.2, 0.25) is 10.0 Å². The molecule has 0 saturated heterocycles. The smallest absolute Gasteiger partial charge is 0.255 e. The summed E-state index contributed by atoms with van der Waals surface area (Å²) >= 11 is 5.82. The molecule has 27 heavy (non-hydrogen) atoms. The molecule has 0 radical (unpaired) electrons. The highest BCUT2D eigenvalue weighted by atomic mass is 35.5. The quantitative estimate of drug-likeness (QED) is 0.673. The summed E-state index contributed by atoms with van der Waals surface area (Å²) in [6.45, 7) is 0.119. The van der Waals surface area contributed by atoms with Crippen molar-refractivity contribution in [2.24, 2.45) is 0 Å². The van der Waals surface area contributed by atoms with Crippen LogP contribution >= 0.6 is 11.6 Å². The fourth-order valence-electron chi connectivity index (χ4n) is 2.40. The van der Waals surface area contributed by atoms with Crippen LogP contribution in [-0.4, -0.2) is 25.7 Å². The molecule has 0 saturated carbocycles. The molecule has 1 heterocycles. The first-order chi connectivity index (χ1) is 12.9. The van der Waals surface area contributed by atoms with E-state index in [0.717, 1.165) is 0 Å². The SMILES string of the molecule is CN(Cc1ccco1)S(=O)(=O)c1ccc(C(=O)Nc2ccc(Cl)cc2)cc1. The number of benzene rings is 2. The fraction of sp³-hybridized carbons (Fsp3) is 0.105. The Kier molecular flexibility index (Phi) is 5.65. The van der Waals surface area contributed by atoms with E-state index in [4.69, 9.17) is 16.0 Å². The molecule has 3 rings (SSSR count). The number of hydrogen-bond acceptors (Lipinski definition) is 4. The average Bonchev–Trinajstić information content (AvgIpc) is 3.16. The van der Waals surface area contributed by atoms with E-state index in [9.17, 15) is 13.2 Å². The molecule has 140 valence electrons. The van der Waals surface area contributed by atoms with E-state index in [0.29, 0.717) is 22.0 Å². The van der Waals surface area contributed by atoms with Crippen molar-refractivity contribution in [1.82, 2.24) is 4.31 Å². The number of carbonyl (C=O) groups is 1. The first-order valence-corrected chi connectivity index (χ1v) is 9.84. The number of carbonyl (C=O) groups excluding carboxylic acids is 1. The number of amides is 1. The van der Waals surface area contributed by atoms with Gasteiger partial charge in [-0.05, 0) is 60.7 Å². The number of anilines is 1. The molecule has 0 bridgehead atoms. The molecule has 6 nitrogen and oxygen atoms in total. The number of nitrogens with zero attached hydrogens (tertiary/aromatic N) is 1. The van der Waals surface area contributed by atoms with E-state index in [1.54, 1.807) is 36.4 Å². The second kappa shape index (κ2) is 7.96. The van der Waals surface area contributed by atoms with Gasteiger partial charge in [0.05, 0.1) is 17.7 Å². The standard InChI is InChI=1S/C19H17ClN2O4S/c1-22(13-17-3-2-12-26-17)27(24,25)18-10-4-14(5-11-18)19(23)21-16-8-6-15(20)7-9-16/h2-12H,13H2,1H3,(H,21,23). The van der Waals surface area contributed by atoms with E-state index in [1.165, 1.54) is 41.9 Å². The Bertz CT molecular complexity index is 1010. The van der Waals surface area contributed by atoms with Crippen molar-refractivity contribution in [2.45, 2.75) is 11.4 Å². The summed E-state index contributed by atoms with van der Waals surface area (Å²) in [7, 11) is -2.22. The molecule has 3 aromatic rings. The minimum atomic E-state index is -3.69. The Morgan fingerprint density at radius 3 is 2.33 bits per heavy atom. The summed E-state index contributed by atoms with van der Waals surface area (Å²) < 4.78 is 31.6. The van der Waals surface area contributed by atoms with Crippen LogP contribution in [-0.2, 0) is 16.6 Å². The van der Waals surface area contributed by atoms with Crippen LogP contribution in [0.4, 0.5) is 5.69 Å². The van der Waals surface area contributed by atoms with E-state index in [2.05, 4.69) is 5.32 Å². The topological polar surface area (TPSA) is 79.6 Å². The Hall–Kier alpha value is -2.61. The second-order valence-corrected chi connectivity index (χ2v) is 8.31. The lowest BCUT2D eigenvalue weighted by Crippen LogP contribution is -2.26. The van der Waals surface area contributed by atoms with Gasteiger partial charge in [-0.2, -0.15) is 4.31 Å². The number of rotatable bonds is 6. The van der Waals surface area contributed by atoms with Crippen LogP contribution in [0.3, 0.4) is 0 Å². The van der Waals surface area contributed by atoms with Gasteiger partial charge < -0.3 is 9.73 Å². The summed E-state index contributed by atoms with van der Waals surface area (Å²) in [5.74, 6) is 0.199. The highest BCUT2D eigenvalue weighted by molar-refractivity contribution is 7.89. The van der Waals surface area contributed by atoms with E-state index < -0.39 is 10.0 Å². The molecule has 1 amide bonds. The average molecular weight is 405 g/mol. The van der Waals surface area contributed by atoms with Gasteiger partial charge in [-0.1, -0.05) is 11.6 Å². The van der Waals surface area contributed by atoms with Crippen molar-refractivity contribution in [3.05, 3.63) is 83.3 Å². The molecule has 1 aromatic heterocycles. The van der Waals surface area contributed by atoms with Crippen molar-refractivity contribution in [1.29, 1.82) is 0 Å². The van der Waals surface area contributed by atoms with Crippen LogP contribution in [0.25, 0.3) is 0 Å². The van der Waals surface area contributed by atoms with Crippen LogP contribution in [0.5, 0.6) is 0 Å². The molecule has 0 unspecified atom stereocenters. The molecule has 2 aromatic carbocycles. The van der Waals surface area contributed by atoms with Gasteiger partial charge in [0.25, 0.3) is 5.91 Å². The Labute approximate surface area is 162 Å². The predicted molar refractivity (Wildman–Crippen MR) is 103 cm³/mol. The van der Waals surface area contributed by atoms with E-state index >= 15 is 0 Å². The molecule has 8 heteroatoms. The molecular weight excluding hydrogens is 388 g/mol. The van der Waals surface area contributed by atoms with E-state index in [1.807, 2.05) is 0 Å². The lowest BCUT2D eigenvalue weighted by atomic mass is 10.2. The van der Waals surface area contributed by atoms with Crippen molar-refractivity contribution >= 4 is 33.2 Å². The Morgan fingerprint density at radius 2 is 1.74 bits per heavy atom. The van der Waals surface area contributed by atoms with Gasteiger partial charge in [-0.25, -0.2) is 8.42 Å². The number of furan rings is 1. The second-order valence-electron chi connectivity index (χ2n) is 5.83. The Morgan fingerprint density at radius 1 is 1.07 bits per heavy atom. The minimum Gasteiger partial charge on any atom is -0.468 e. The zero-order chi connectivity index (χ0) is 19.4. The molecular formula is C19H17ClN2O4S. The lowest BCUT2D eigenvalue weighted by Gasteiger charge is -2.16. The molecule has 0 fully saturated rings. The van der Waals surface area contributed by atoms with Gasteiger partial charge >= 0.3 is 0 Å². The Balaban J connectivity index is 1.71. The maximum absolute atomic E-state index is 12.6. The number of halogens is 1. The largest absolute Gasteiger partial charge is 0.468 e. The predicted octanol–water partition coefficient (Wildman–Crippen LogP) is 4.01. The highest BCUT2D eigenvalue weighted by Gasteiger charge is 2.22. The van der Waals surface area contributed by atoms with Crippen LogP contribution < -0.4 is 5.32 Å². The normalized spacial score (nSPS) is 11.5. The zero-order valence-corrected chi connectivity index (χ0v) is 16.0. The van der Waals surface area contributed by atoms with Crippen LogP contribution in [0.15, 0.2) is 76.2 Å². The maximum Gasteiger partial charge on any atom is 0.255 e. The zero-order valence-electron chi connectivity index (χ0n) is 14.4. The third-order valence-corrected chi connectivity index (χ3v) is 5.95. The number of sulfonamides is 1. The first-order valence-electron chi connectivity index (χ1n) is 8.02. The number of nitrogens with one attached hydrogen (secondary N) is 1. The molecule has 0 spiro atoms. The van der Waals surface area contributed by atoms with Gasteiger partial charge in [0, 0.05) is 23.3 Å². The van der Waals surface area contributed by atoms with Gasteiger partial charge in [0.15, 0.2) is 0 Å². The van der Waals surface area contributed by atoms with Gasteiger partial charge in [-0.15, -0.1) is 0 Å². The van der Waals surface area contributed by atoms with Crippen molar-refractivity contribution < 1.29 is 17.6 Å². The molecule has 0 aliphatic heterocycles. The van der Waals surface area contributed by atoms with Crippen molar-refractivity contribution in [2.75, 3.05) is 12.4 Å².